The topological polar surface area (TPSA) is 96.0 Å². The van der Waals surface area contributed by atoms with Crippen molar-refractivity contribution in [3.05, 3.63) is 55.9 Å². The Balaban J connectivity index is 1.89. The molecule has 1 aromatic heterocycles. The van der Waals surface area contributed by atoms with E-state index in [0.29, 0.717) is 16.5 Å². The van der Waals surface area contributed by atoms with Crippen molar-refractivity contribution in [2.24, 2.45) is 5.92 Å². The van der Waals surface area contributed by atoms with Crippen LogP contribution >= 0.6 is 11.3 Å². The lowest BCUT2D eigenvalue weighted by molar-refractivity contribution is -0.384. The highest BCUT2D eigenvalue weighted by Crippen LogP contribution is 2.39. The van der Waals surface area contributed by atoms with Gasteiger partial charge in [-0.2, -0.15) is 5.26 Å². The average Bonchev–Trinajstić information content (AvgIpc) is 2.91. The van der Waals surface area contributed by atoms with E-state index in [9.17, 15) is 20.2 Å². The average molecular weight is 341 g/mol. The zero-order valence-corrected chi connectivity index (χ0v) is 13.9. The number of nitriles is 1. The van der Waals surface area contributed by atoms with E-state index in [1.807, 2.05) is 0 Å². The number of hydrogen-bond donors (Lipinski definition) is 1. The summed E-state index contributed by atoms with van der Waals surface area (Å²) >= 11 is 1.43. The van der Waals surface area contributed by atoms with E-state index in [-0.39, 0.29) is 11.3 Å². The van der Waals surface area contributed by atoms with E-state index in [1.54, 1.807) is 0 Å². The number of anilines is 1. The molecule has 0 radical (unpaired) electrons. The largest absolute Gasteiger partial charge is 0.312 e. The molecule has 122 valence electrons. The first-order valence-electron chi connectivity index (χ1n) is 7.60. The molecule has 1 aromatic carbocycles. The highest BCUT2D eigenvalue weighted by Gasteiger charge is 2.25. The van der Waals surface area contributed by atoms with E-state index in [0.717, 1.165) is 29.7 Å². The van der Waals surface area contributed by atoms with E-state index in [4.69, 9.17) is 0 Å². The molecule has 1 amide bonds. The third-order valence-electron chi connectivity index (χ3n) is 4.17. The van der Waals surface area contributed by atoms with Gasteiger partial charge < -0.3 is 5.32 Å². The van der Waals surface area contributed by atoms with Gasteiger partial charge in [-0.3, -0.25) is 14.9 Å². The van der Waals surface area contributed by atoms with Gasteiger partial charge in [-0.1, -0.05) is 13.0 Å². The maximum Gasteiger partial charge on any atom is 0.270 e. The smallest absolute Gasteiger partial charge is 0.270 e. The van der Waals surface area contributed by atoms with E-state index < -0.39 is 10.8 Å². The minimum Gasteiger partial charge on any atom is -0.312 e. The lowest BCUT2D eigenvalue weighted by Crippen LogP contribution is -2.12. The molecule has 3 rings (SSSR count). The summed E-state index contributed by atoms with van der Waals surface area (Å²) in [4.78, 5) is 23.8. The molecular weight excluding hydrogens is 326 g/mol. The number of amides is 1. The van der Waals surface area contributed by atoms with Crippen molar-refractivity contribution in [1.29, 1.82) is 5.26 Å². The van der Waals surface area contributed by atoms with Gasteiger partial charge in [0.15, 0.2) is 0 Å². The summed E-state index contributed by atoms with van der Waals surface area (Å²) in [6, 6.07) is 7.76. The van der Waals surface area contributed by atoms with Crippen molar-refractivity contribution in [2.75, 3.05) is 5.32 Å². The van der Waals surface area contributed by atoms with Gasteiger partial charge in [0.25, 0.3) is 11.6 Å². The van der Waals surface area contributed by atoms with Crippen LogP contribution in [-0.4, -0.2) is 10.8 Å². The maximum absolute atomic E-state index is 12.4. The fourth-order valence-corrected chi connectivity index (χ4v) is 4.09. The number of aryl methyl sites for hydroxylation is 1. The Hall–Kier alpha value is -2.72. The van der Waals surface area contributed by atoms with Crippen LogP contribution in [0.15, 0.2) is 24.3 Å². The van der Waals surface area contributed by atoms with Crippen LogP contribution in [0.5, 0.6) is 0 Å². The minimum atomic E-state index is -0.539. The molecule has 0 bridgehead atoms. The number of nitro groups is 1. The molecule has 6 nitrogen and oxygen atoms in total. The van der Waals surface area contributed by atoms with Crippen molar-refractivity contribution < 1.29 is 9.72 Å². The molecule has 0 spiro atoms. The molecule has 0 aliphatic heterocycles. The predicted octanol–water partition coefficient (Wildman–Crippen LogP) is 3.91. The summed E-state index contributed by atoms with van der Waals surface area (Å²) in [5.41, 5.74) is 1.63. The third-order valence-corrected chi connectivity index (χ3v) is 5.37. The van der Waals surface area contributed by atoms with E-state index >= 15 is 0 Å². The molecule has 7 heteroatoms. The molecule has 24 heavy (non-hydrogen) atoms. The highest BCUT2D eigenvalue weighted by atomic mass is 32.1. The molecule has 1 N–H and O–H groups in total. The second-order valence-corrected chi connectivity index (χ2v) is 7.03. The lowest BCUT2D eigenvalue weighted by atomic mass is 9.88. The van der Waals surface area contributed by atoms with Crippen molar-refractivity contribution >= 4 is 27.9 Å². The van der Waals surface area contributed by atoms with Gasteiger partial charge in [0.1, 0.15) is 11.1 Å². The highest BCUT2D eigenvalue weighted by molar-refractivity contribution is 7.16. The van der Waals surface area contributed by atoms with Crippen LogP contribution in [0, 0.1) is 27.4 Å². The molecule has 1 aliphatic rings. The van der Waals surface area contributed by atoms with Crippen LogP contribution in [-0.2, 0) is 12.8 Å². The summed E-state index contributed by atoms with van der Waals surface area (Å²) < 4.78 is 0. The number of benzene rings is 1. The van der Waals surface area contributed by atoms with Gasteiger partial charge in [-0.05, 0) is 36.8 Å². The number of nitrogens with one attached hydrogen (secondary N) is 1. The minimum absolute atomic E-state index is 0.137. The van der Waals surface area contributed by atoms with Crippen molar-refractivity contribution in [3.8, 4) is 6.07 Å². The molecule has 0 saturated carbocycles. The predicted molar refractivity (Wildman–Crippen MR) is 91.3 cm³/mol. The van der Waals surface area contributed by atoms with Gasteiger partial charge >= 0.3 is 0 Å². The van der Waals surface area contributed by atoms with Gasteiger partial charge in [-0.25, -0.2) is 0 Å². The number of hydrogen-bond acceptors (Lipinski definition) is 5. The van der Waals surface area contributed by atoms with E-state index in [2.05, 4.69) is 18.3 Å². The number of rotatable bonds is 3. The Bertz CT molecular complexity index is 866. The molecule has 0 unspecified atom stereocenters. The first-order valence-corrected chi connectivity index (χ1v) is 8.41. The molecular formula is C17H15N3O3S. The SMILES string of the molecule is C[C@@H]1CCc2sc(NC(=O)c3cccc([N+](=O)[O-])c3)c(C#N)c2C1. The Labute approximate surface area is 142 Å². The fraction of sp³-hybridized carbons (Fsp3) is 0.294. The second kappa shape index (κ2) is 6.42. The molecule has 1 heterocycles. The lowest BCUT2D eigenvalue weighted by Gasteiger charge is -2.17. The standard InChI is InChI=1S/C17H15N3O3S/c1-10-5-6-15-13(7-10)14(9-18)17(24-15)19-16(21)11-3-2-4-12(8-11)20(22)23/h2-4,8,10H,5-7H2,1H3,(H,19,21)/t10-/m1/s1. The molecule has 0 fully saturated rings. The van der Waals surface area contributed by atoms with Crippen LogP contribution in [0.25, 0.3) is 0 Å². The normalized spacial score (nSPS) is 16.1. The Morgan fingerprint density at radius 3 is 3.00 bits per heavy atom. The van der Waals surface area contributed by atoms with Gasteiger partial charge in [0.2, 0.25) is 0 Å². The number of carbonyl (C=O) groups is 1. The van der Waals surface area contributed by atoms with Crippen LogP contribution in [0.4, 0.5) is 10.7 Å². The maximum atomic E-state index is 12.4. The first kappa shape index (κ1) is 16.1. The summed E-state index contributed by atoms with van der Waals surface area (Å²) in [6.45, 7) is 2.16. The van der Waals surface area contributed by atoms with Crippen LogP contribution in [0.2, 0.25) is 0 Å². The zero-order chi connectivity index (χ0) is 17.3. The van der Waals surface area contributed by atoms with Crippen molar-refractivity contribution in [2.45, 2.75) is 26.2 Å². The van der Waals surface area contributed by atoms with Crippen LogP contribution < -0.4 is 5.32 Å². The van der Waals surface area contributed by atoms with Gasteiger partial charge in [0.05, 0.1) is 10.5 Å². The van der Waals surface area contributed by atoms with Crippen molar-refractivity contribution in [3.63, 3.8) is 0 Å². The summed E-state index contributed by atoms with van der Waals surface area (Å²) in [6.07, 6.45) is 2.85. The number of nitrogens with zero attached hydrogens (tertiary/aromatic N) is 2. The Kier molecular flexibility index (Phi) is 4.32. The summed E-state index contributed by atoms with van der Waals surface area (Å²) in [5, 5.41) is 23.6. The Morgan fingerprint density at radius 1 is 1.50 bits per heavy atom. The number of carbonyl (C=O) groups excluding carboxylic acids is 1. The molecule has 1 atom stereocenters. The molecule has 0 saturated heterocycles. The summed E-state index contributed by atoms with van der Waals surface area (Å²) in [5.74, 6) is 0.0846. The number of nitro benzene ring substituents is 1. The monoisotopic (exact) mass is 341 g/mol. The number of non-ortho nitro benzene ring substituents is 1. The number of fused-ring (bicyclic) bond motifs is 1. The van der Waals surface area contributed by atoms with Gasteiger partial charge in [-0.15, -0.1) is 11.3 Å². The fourth-order valence-electron chi connectivity index (χ4n) is 2.90. The third kappa shape index (κ3) is 3.01. The summed E-state index contributed by atoms with van der Waals surface area (Å²) in [7, 11) is 0. The number of thiophene rings is 1. The van der Waals surface area contributed by atoms with Gasteiger partial charge in [0, 0.05) is 22.6 Å². The second-order valence-electron chi connectivity index (χ2n) is 5.93. The van der Waals surface area contributed by atoms with Crippen LogP contribution in [0.3, 0.4) is 0 Å². The molecule has 2 aromatic rings. The first-order chi connectivity index (χ1) is 11.5. The van der Waals surface area contributed by atoms with Crippen molar-refractivity contribution in [1.82, 2.24) is 0 Å². The van der Waals surface area contributed by atoms with E-state index in [1.165, 1.54) is 35.6 Å². The quantitative estimate of drug-likeness (QED) is 0.676. The molecule has 1 aliphatic carbocycles. The Morgan fingerprint density at radius 2 is 2.29 bits per heavy atom. The van der Waals surface area contributed by atoms with Crippen LogP contribution in [0.1, 0.15) is 39.7 Å². The zero-order valence-electron chi connectivity index (χ0n) is 13.0.